The number of aryl methyl sites for hydroxylation is 2. The summed E-state index contributed by atoms with van der Waals surface area (Å²) < 4.78 is 0. The Morgan fingerprint density at radius 2 is 2.00 bits per heavy atom. The Labute approximate surface area is 206 Å². The first kappa shape index (κ1) is 23.0. The molecule has 2 aromatic heterocycles. The Balaban J connectivity index is 1.37. The number of imidazole rings is 1. The minimum Gasteiger partial charge on any atom is -0.342 e. The Hall–Kier alpha value is -3.79. The van der Waals surface area contributed by atoms with Crippen LogP contribution in [0.25, 0.3) is 11.0 Å². The molecule has 5 rings (SSSR count). The highest BCUT2D eigenvalue weighted by Gasteiger charge is 2.23. The molecule has 11 heteroatoms. The van der Waals surface area contributed by atoms with Crippen LogP contribution >= 0.6 is 11.6 Å². The van der Waals surface area contributed by atoms with Gasteiger partial charge in [-0.25, -0.2) is 4.98 Å². The lowest BCUT2D eigenvalue weighted by Gasteiger charge is -2.18. The van der Waals surface area contributed by atoms with Crippen LogP contribution in [0.2, 0.25) is 5.02 Å². The number of hydrogen-bond donors (Lipinski definition) is 3. The first-order valence-electron chi connectivity index (χ1n) is 11.6. The zero-order valence-corrected chi connectivity index (χ0v) is 20.0. The van der Waals surface area contributed by atoms with E-state index in [0.717, 1.165) is 42.5 Å². The largest absolute Gasteiger partial charge is 0.342 e. The number of aromatic amines is 2. The average Bonchev–Trinajstić information content (AvgIpc) is 3.62. The molecule has 0 spiro atoms. The van der Waals surface area contributed by atoms with Crippen molar-refractivity contribution >= 4 is 34.4 Å². The van der Waals surface area contributed by atoms with Gasteiger partial charge in [0.25, 0.3) is 11.8 Å². The van der Waals surface area contributed by atoms with Gasteiger partial charge in [-0.1, -0.05) is 16.8 Å². The zero-order valence-electron chi connectivity index (χ0n) is 19.2. The minimum atomic E-state index is -0.432. The molecule has 1 atom stereocenters. The highest BCUT2D eigenvalue weighted by Crippen LogP contribution is 2.23. The maximum atomic E-state index is 13.2. The number of H-pyrrole nitrogens is 2. The van der Waals surface area contributed by atoms with E-state index in [0.29, 0.717) is 40.6 Å². The standard InChI is InChI=1S/C24H25ClN8O2/c1-14-12-15(4-6-17(14)24(35)33-10-2-3-11-33)23(34)28-19(8-9-21-29-31-32-30-21)22-26-18-7-5-16(25)13-20(18)27-22/h4-7,12-13,19H,2-3,8-11H2,1H3,(H,26,27)(H,28,34)(H,29,30,31,32). The fraction of sp³-hybridized carbons (Fsp3) is 0.333. The van der Waals surface area contributed by atoms with Crippen LogP contribution in [-0.4, -0.2) is 60.4 Å². The van der Waals surface area contributed by atoms with E-state index in [9.17, 15) is 9.59 Å². The number of amides is 2. The molecule has 4 aromatic rings. The van der Waals surface area contributed by atoms with Crippen LogP contribution in [0.15, 0.2) is 36.4 Å². The van der Waals surface area contributed by atoms with Crippen molar-refractivity contribution < 1.29 is 9.59 Å². The number of carbonyl (C=O) groups is 2. The van der Waals surface area contributed by atoms with Gasteiger partial charge in [-0.05, 0) is 68.1 Å². The number of rotatable bonds is 7. The van der Waals surface area contributed by atoms with Crippen molar-refractivity contribution in [2.24, 2.45) is 0 Å². The number of aromatic nitrogens is 6. The van der Waals surface area contributed by atoms with E-state index >= 15 is 0 Å². The van der Waals surface area contributed by atoms with Crippen LogP contribution in [0.1, 0.15) is 63.2 Å². The van der Waals surface area contributed by atoms with Gasteiger partial charge in [0.05, 0.1) is 17.1 Å². The Morgan fingerprint density at radius 1 is 1.17 bits per heavy atom. The lowest BCUT2D eigenvalue weighted by atomic mass is 10.0. The molecule has 0 saturated carbocycles. The zero-order chi connectivity index (χ0) is 24.4. The van der Waals surface area contributed by atoms with Gasteiger partial charge in [-0.15, -0.1) is 10.2 Å². The smallest absolute Gasteiger partial charge is 0.254 e. The lowest BCUT2D eigenvalue weighted by Crippen LogP contribution is -2.30. The maximum Gasteiger partial charge on any atom is 0.254 e. The van der Waals surface area contributed by atoms with Gasteiger partial charge in [0.1, 0.15) is 5.82 Å². The van der Waals surface area contributed by atoms with Gasteiger partial charge >= 0.3 is 0 Å². The normalized spacial score (nSPS) is 14.4. The lowest BCUT2D eigenvalue weighted by molar-refractivity contribution is 0.0791. The molecule has 0 aliphatic carbocycles. The molecule has 10 nitrogen and oxygen atoms in total. The predicted molar refractivity (Wildman–Crippen MR) is 130 cm³/mol. The SMILES string of the molecule is Cc1cc(C(=O)NC(CCc2nn[nH]n2)c2nc3ccc(Cl)cc3[nH]2)ccc1C(=O)N1CCCC1. The van der Waals surface area contributed by atoms with Crippen molar-refractivity contribution in [2.45, 2.75) is 38.6 Å². The highest BCUT2D eigenvalue weighted by atomic mass is 35.5. The molecule has 0 radical (unpaired) electrons. The number of nitrogens with zero attached hydrogens (tertiary/aromatic N) is 5. The number of halogens is 1. The van der Waals surface area contributed by atoms with Crippen LogP contribution in [-0.2, 0) is 6.42 Å². The van der Waals surface area contributed by atoms with E-state index in [4.69, 9.17) is 11.6 Å². The molecule has 1 unspecified atom stereocenters. The van der Waals surface area contributed by atoms with Crippen LogP contribution in [0.4, 0.5) is 0 Å². The van der Waals surface area contributed by atoms with Gasteiger partial charge < -0.3 is 15.2 Å². The molecule has 1 aliphatic rings. The van der Waals surface area contributed by atoms with Crippen molar-refractivity contribution in [1.82, 2.24) is 40.8 Å². The molecule has 1 aliphatic heterocycles. The summed E-state index contributed by atoms with van der Waals surface area (Å²) in [6, 6.07) is 10.2. The van der Waals surface area contributed by atoms with Gasteiger partial charge in [-0.3, -0.25) is 9.59 Å². The third kappa shape index (κ3) is 5.02. The Bertz CT molecular complexity index is 1360. The molecule has 1 saturated heterocycles. The topological polar surface area (TPSA) is 133 Å². The van der Waals surface area contributed by atoms with E-state index in [1.54, 1.807) is 30.3 Å². The number of tetrazole rings is 1. The summed E-state index contributed by atoms with van der Waals surface area (Å²) in [6.45, 7) is 3.42. The molecule has 180 valence electrons. The summed E-state index contributed by atoms with van der Waals surface area (Å²) in [6.07, 6.45) is 3.06. The first-order valence-corrected chi connectivity index (χ1v) is 11.9. The average molecular weight is 493 g/mol. The number of carbonyl (C=O) groups excluding carboxylic acids is 2. The summed E-state index contributed by atoms with van der Waals surface area (Å²) in [5.74, 6) is 0.913. The minimum absolute atomic E-state index is 0.0193. The second-order valence-electron chi connectivity index (χ2n) is 8.71. The van der Waals surface area contributed by atoms with Crippen molar-refractivity contribution in [2.75, 3.05) is 13.1 Å². The fourth-order valence-corrected chi connectivity index (χ4v) is 4.55. The molecule has 0 bridgehead atoms. The molecule has 3 heterocycles. The number of hydrogen-bond acceptors (Lipinski definition) is 6. The molecule has 2 amide bonds. The first-order chi connectivity index (χ1) is 17.0. The molecule has 1 fully saturated rings. The molecule has 35 heavy (non-hydrogen) atoms. The molecule has 3 N–H and O–H groups in total. The van der Waals surface area contributed by atoms with Gasteiger partial charge in [-0.2, -0.15) is 5.21 Å². The van der Waals surface area contributed by atoms with Crippen LogP contribution in [0, 0.1) is 6.92 Å². The second-order valence-corrected chi connectivity index (χ2v) is 9.14. The second kappa shape index (κ2) is 9.83. The quantitative estimate of drug-likeness (QED) is 0.362. The summed E-state index contributed by atoms with van der Waals surface area (Å²) in [5, 5.41) is 17.7. The summed E-state index contributed by atoms with van der Waals surface area (Å²) in [5.41, 5.74) is 3.42. The predicted octanol–water partition coefficient (Wildman–Crippen LogP) is 3.38. The van der Waals surface area contributed by atoms with Crippen molar-refractivity contribution in [3.8, 4) is 0 Å². The monoisotopic (exact) mass is 492 g/mol. The number of nitrogens with one attached hydrogen (secondary N) is 3. The highest BCUT2D eigenvalue weighted by molar-refractivity contribution is 6.31. The van der Waals surface area contributed by atoms with Crippen molar-refractivity contribution in [3.05, 3.63) is 69.8 Å². The van der Waals surface area contributed by atoms with Crippen LogP contribution in [0.3, 0.4) is 0 Å². The van der Waals surface area contributed by atoms with Crippen LogP contribution < -0.4 is 5.32 Å². The number of likely N-dealkylation sites (tertiary alicyclic amines) is 1. The Morgan fingerprint density at radius 3 is 2.74 bits per heavy atom. The van der Waals surface area contributed by atoms with E-state index in [2.05, 4.69) is 35.9 Å². The molecule has 2 aromatic carbocycles. The van der Waals surface area contributed by atoms with E-state index in [-0.39, 0.29) is 11.8 Å². The van der Waals surface area contributed by atoms with Crippen molar-refractivity contribution in [1.29, 1.82) is 0 Å². The van der Waals surface area contributed by atoms with E-state index in [1.165, 1.54) is 0 Å². The number of benzene rings is 2. The summed E-state index contributed by atoms with van der Waals surface area (Å²) >= 11 is 6.12. The fourth-order valence-electron chi connectivity index (χ4n) is 4.38. The summed E-state index contributed by atoms with van der Waals surface area (Å²) in [7, 11) is 0. The Kier molecular flexibility index (Phi) is 6.45. The third-order valence-electron chi connectivity index (χ3n) is 6.26. The molecular formula is C24H25ClN8O2. The van der Waals surface area contributed by atoms with Crippen LogP contribution in [0.5, 0.6) is 0 Å². The van der Waals surface area contributed by atoms with Crippen molar-refractivity contribution in [3.63, 3.8) is 0 Å². The molecular weight excluding hydrogens is 468 g/mol. The van der Waals surface area contributed by atoms with Gasteiger partial charge in [0.2, 0.25) is 0 Å². The van der Waals surface area contributed by atoms with Gasteiger partial charge in [0, 0.05) is 35.7 Å². The number of fused-ring (bicyclic) bond motifs is 1. The maximum absolute atomic E-state index is 13.2. The van der Waals surface area contributed by atoms with E-state index in [1.807, 2.05) is 17.9 Å². The van der Waals surface area contributed by atoms with E-state index < -0.39 is 6.04 Å². The summed E-state index contributed by atoms with van der Waals surface area (Å²) in [4.78, 5) is 35.8. The van der Waals surface area contributed by atoms with Gasteiger partial charge in [0.15, 0.2) is 5.82 Å². The third-order valence-corrected chi connectivity index (χ3v) is 6.49.